The largest absolute Gasteiger partial charge is 0.480 e. The number of hydrogen-bond donors (Lipinski definition) is 2. The molecule has 9 heteroatoms. The number of piperidine rings is 1. The van der Waals surface area contributed by atoms with Crippen LogP contribution in [-0.4, -0.2) is 54.9 Å². The summed E-state index contributed by atoms with van der Waals surface area (Å²) in [5.41, 5.74) is 5.93. The van der Waals surface area contributed by atoms with Gasteiger partial charge >= 0.3 is 5.97 Å². The van der Waals surface area contributed by atoms with Gasteiger partial charge < -0.3 is 15.7 Å². The van der Waals surface area contributed by atoms with Gasteiger partial charge in [0.25, 0.3) is 0 Å². The molecule has 6 rings (SSSR count). The number of carboxylic acid groups (broad SMARTS) is 1. The highest BCUT2D eigenvalue weighted by Crippen LogP contribution is 2.78. The van der Waals surface area contributed by atoms with Gasteiger partial charge in [0.1, 0.15) is 18.3 Å². The molecule has 2 heterocycles. The fraction of sp³-hybridized carbons (Fsp3) is 0.370. The molecule has 5 atom stereocenters. The number of nitrogens with two attached hydrogens (primary N) is 1. The first kappa shape index (κ1) is 22.5. The summed E-state index contributed by atoms with van der Waals surface area (Å²) in [6.07, 6.45) is 1.32. The van der Waals surface area contributed by atoms with Crippen LogP contribution in [0.5, 0.6) is 0 Å². The lowest BCUT2D eigenvalue weighted by Crippen LogP contribution is -2.56. The van der Waals surface area contributed by atoms with Gasteiger partial charge in [-0.05, 0) is 36.8 Å². The number of carbonyl (C=O) groups is 4. The summed E-state index contributed by atoms with van der Waals surface area (Å²) in [5.74, 6) is -2.53. The molecule has 2 aromatic carbocycles. The van der Waals surface area contributed by atoms with Crippen LogP contribution < -0.4 is 5.73 Å². The highest BCUT2D eigenvalue weighted by molar-refractivity contribution is 6.05. The van der Waals surface area contributed by atoms with E-state index in [1.54, 1.807) is 24.3 Å². The molecule has 3 fully saturated rings. The van der Waals surface area contributed by atoms with E-state index in [1.165, 1.54) is 16.5 Å². The van der Waals surface area contributed by atoms with Crippen LogP contribution in [0, 0.1) is 11.3 Å². The van der Waals surface area contributed by atoms with Crippen molar-refractivity contribution in [1.82, 2.24) is 14.7 Å². The normalized spacial score (nSPS) is 30.1. The third kappa shape index (κ3) is 2.85. The molecule has 1 aliphatic heterocycles. The minimum Gasteiger partial charge on any atom is -0.480 e. The Bertz CT molecular complexity index is 1450. The van der Waals surface area contributed by atoms with E-state index in [0.717, 1.165) is 5.56 Å². The number of hydrogen-bond acceptors (Lipinski definition) is 5. The minimum atomic E-state index is -1.10. The lowest BCUT2D eigenvalue weighted by molar-refractivity contribution is -0.154. The Kier molecular flexibility index (Phi) is 4.67. The molecule has 3 aliphatic rings. The summed E-state index contributed by atoms with van der Waals surface area (Å²) >= 11 is 0. The average Bonchev–Trinajstić information content (AvgIpc) is 3.72. The van der Waals surface area contributed by atoms with E-state index in [4.69, 9.17) is 5.73 Å². The molecule has 2 aliphatic carbocycles. The topological polar surface area (TPSA) is 136 Å². The second-order valence-corrected chi connectivity index (χ2v) is 10.3. The summed E-state index contributed by atoms with van der Waals surface area (Å²) in [4.78, 5) is 52.8. The van der Waals surface area contributed by atoms with Crippen LogP contribution in [0.25, 0.3) is 10.9 Å². The van der Waals surface area contributed by atoms with Gasteiger partial charge in [0, 0.05) is 18.2 Å². The van der Waals surface area contributed by atoms with Crippen LogP contribution in [0.15, 0.2) is 54.6 Å². The summed E-state index contributed by atoms with van der Waals surface area (Å²) < 4.78 is 1.45. The molecular weight excluding hydrogens is 460 g/mol. The van der Waals surface area contributed by atoms with Crippen LogP contribution in [-0.2, 0) is 20.9 Å². The molecule has 1 saturated heterocycles. The number of para-hydroxylation sites is 1. The predicted octanol–water partition coefficient (Wildman–Crippen LogP) is 2.34. The van der Waals surface area contributed by atoms with E-state index in [1.807, 2.05) is 30.3 Å². The van der Waals surface area contributed by atoms with Crippen LogP contribution in [0.3, 0.4) is 0 Å². The van der Waals surface area contributed by atoms with Crippen LogP contribution in [0.2, 0.25) is 0 Å². The Hall–Kier alpha value is -4.01. The Labute approximate surface area is 206 Å². The van der Waals surface area contributed by atoms with Gasteiger partial charge in [-0.25, -0.2) is 4.79 Å². The van der Waals surface area contributed by atoms with Crippen LogP contribution in [0.4, 0.5) is 0 Å². The zero-order valence-corrected chi connectivity index (χ0v) is 19.8. The fourth-order valence-corrected chi connectivity index (χ4v) is 6.94. The zero-order valence-electron chi connectivity index (χ0n) is 19.8. The quantitative estimate of drug-likeness (QED) is 0.492. The summed E-state index contributed by atoms with van der Waals surface area (Å²) in [6, 6.07) is 15.7. The van der Waals surface area contributed by atoms with E-state index in [0.29, 0.717) is 23.7 Å². The number of aliphatic carboxylic acids is 1. The van der Waals surface area contributed by atoms with Crippen molar-refractivity contribution in [3.8, 4) is 0 Å². The molecule has 0 spiro atoms. The fourth-order valence-electron chi connectivity index (χ4n) is 6.94. The second kappa shape index (κ2) is 7.49. The van der Waals surface area contributed by atoms with Crippen molar-refractivity contribution < 1.29 is 24.3 Å². The summed E-state index contributed by atoms with van der Waals surface area (Å²) in [7, 11) is 0. The van der Waals surface area contributed by atoms with Gasteiger partial charge in [0.15, 0.2) is 5.78 Å². The first-order valence-electron chi connectivity index (χ1n) is 12.1. The Morgan fingerprint density at radius 3 is 2.42 bits per heavy atom. The molecule has 0 radical (unpaired) electrons. The van der Waals surface area contributed by atoms with E-state index >= 15 is 0 Å². The highest BCUT2D eigenvalue weighted by Gasteiger charge is 2.85. The van der Waals surface area contributed by atoms with Crippen LogP contribution >= 0.6 is 0 Å². The Balaban J connectivity index is 1.40. The van der Waals surface area contributed by atoms with Gasteiger partial charge in [0.05, 0.1) is 16.5 Å². The van der Waals surface area contributed by atoms with Crippen molar-refractivity contribution >= 4 is 34.5 Å². The van der Waals surface area contributed by atoms with Crippen molar-refractivity contribution in [3.05, 3.63) is 65.9 Å². The number of nitrogens with zero attached hydrogens (tertiary/aromatic N) is 3. The molecule has 36 heavy (non-hydrogen) atoms. The number of likely N-dealkylation sites (tertiary alicyclic amines) is 1. The third-order valence-electron chi connectivity index (χ3n) is 8.53. The van der Waals surface area contributed by atoms with Gasteiger partial charge in [-0.3, -0.25) is 19.1 Å². The van der Waals surface area contributed by atoms with Gasteiger partial charge in [-0.1, -0.05) is 48.5 Å². The molecule has 3 aromatic rings. The van der Waals surface area contributed by atoms with E-state index < -0.39 is 34.8 Å². The van der Waals surface area contributed by atoms with E-state index in [2.05, 4.69) is 5.10 Å². The third-order valence-corrected chi connectivity index (χ3v) is 8.53. The highest BCUT2D eigenvalue weighted by atomic mass is 16.4. The number of rotatable bonds is 7. The van der Waals surface area contributed by atoms with Gasteiger partial charge in [0.2, 0.25) is 11.8 Å². The SMILES string of the molecule is CC(=O)c1nn(CC(=O)N2[C@H](C(=O)O)C[C@H]3C[C@@]32[C@@]2(C(N)=O)C[C@H]2c2ccccc2)c2ccccc12. The zero-order chi connectivity index (χ0) is 25.4. The Morgan fingerprint density at radius 1 is 1.06 bits per heavy atom. The monoisotopic (exact) mass is 486 g/mol. The predicted molar refractivity (Wildman–Crippen MR) is 129 cm³/mol. The maximum atomic E-state index is 13.9. The number of carboxylic acids is 1. The standard InChI is InChI=1S/C27H26N4O5/c1-15(32)23-18-9-5-6-10-20(18)30(29-23)14-22(33)31-21(24(34)35)11-17-12-27(17,31)26(25(28)36)13-19(26)16-7-3-2-4-8-16/h2-10,17,19,21H,11-14H2,1H3,(H2,28,36)(H,34,35)/t17-,19-,21-,26-,27-/m0/s1. The number of benzene rings is 2. The van der Waals surface area contributed by atoms with Crippen molar-refractivity contribution in [2.75, 3.05) is 0 Å². The lowest BCUT2D eigenvalue weighted by atomic mass is 9.85. The lowest BCUT2D eigenvalue weighted by Gasteiger charge is -2.37. The first-order valence-corrected chi connectivity index (χ1v) is 12.1. The van der Waals surface area contributed by atoms with Crippen molar-refractivity contribution in [1.29, 1.82) is 0 Å². The number of Topliss-reactive ketones (excluding diaryl/α,β-unsaturated/α-hetero) is 1. The number of aromatic nitrogens is 2. The summed E-state index contributed by atoms with van der Waals surface area (Å²) in [5, 5.41) is 15.1. The first-order chi connectivity index (χ1) is 17.2. The molecular formula is C27H26N4O5. The Morgan fingerprint density at radius 2 is 1.75 bits per heavy atom. The van der Waals surface area contributed by atoms with Crippen molar-refractivity contribution in [2.45, 2.75) is 50.2 Å². The molecule has 1 aromatic heterocycles. The molecule has 184 valence electrons. The molecule has 2 amide bonds. The smallest absolute Gasteiger partial charge is 0.326 e. The van der Waals surface area contributed by atoms with Crippen molar-refractivity contribution in [2.24, 2.45) is 17.1 Å². The van der Waals surface area contributed by atoms with Gasteiger partial charge in [-0.15, -0.1) is 0 Å². The van der Waals surface area contributed by atoms with Crippen LogP contribution in [0.1, 0.15) is 48.2 Å². The van der Waals surface area contributed by atoms with Gasteiger partial charge in [-0.2, -0.15) is 5.10 Å². The molecule has 3 N–H and O–H groups in total. The summed E-state index contributed by atoms with van der Waals surface area (Å²) in [6.45, 7) is 1.18. The van der Waals surface area contributed by atoms with E-state index in [9.17, 15) is 24.3 Å². The number of carbonyl (C=O) groups excluding carboxylic acids is 3. The molecule has 2 saturated carbocycles. The number of fused-ring (bicyclic) bond motifs is 2. The minimum absolute atomic E-state index is 0.106. The maximum Gasteiger partial charge on any atom is 0.326 e. The molecule has 0 unspecified atom stereocenters. The number of primary amides is 1. The maximum absolute atomic E-state index is 13.9. The van der Waals surface area contributed by atoms with E-state index in [-0.39, 0.29) is 36.3 Å². The van der Waals surface area contributed by atoms with Crippen molar-refractivity contribution in [3.63, 3.8) is 0 Å². The number of amides is 2. The molecule has 9 nitrogen and oxygen atoms in total. The molecule has 0 bridgehead atoms. The average molecular weight is 487 g/mol. The second-order valence-electron chi connectivity index (χ2n) is 10.3. The number of ketones is 1.